The second kappa shape index (κ2) is 6.44. The van der Waals surface area contributed by atoms with Gasteiger partial charge in [-0.2, -0.15) is 0 Å². The minimum absolute atomic E-state index is 0.00626. The molecule has 2 aromatic heterocycles. The predicted molar refractivity (Wildman–Crippen MR) is 99.7 cm³/mol. The smallest absolute Gasteiger partial charge is 0.259 e. The quantitative estimate of drug-likeness (QED) is 0.585. The number of benzene rings is 2. The lowest BCUT2D eigenvalue weighted by molar-refractivity contribution is 0.102. The van der Waals surface area contributed by atoms with E-state index in [9.17, 15) is 9.18 Å². The highest BCUT2D eigenvalue weighted by Crippen LogP contribution is 2.29. The maximum Gasteiger partial charge on any atom is 0.259 e. The van der Waals surface area contributed by atoms with Crippen molar-refractivity contribution in [2.24, 2.45) is 0 Å². The van der Waals surface area contributed by atoms with E-state index in [1.54, 1.807) is 16.5 Å². The lowest BCUT2D eigenvalue weighted by Gasteiger charge is -2.08. The highest BCUT2D eigenvalue weighted by Gasteiger charge is 2.18. The van der Waals surface area contributed by atoms with E-state index in [2.05, 4.69) is 10.3 Å². The lowest BCUT2D eigenvalue weighted by Crippen LogP contribution is -2.15. The molecule has 0 saturated heterocycles. The van der Waals surface area contributed by atoms with Crippen LogP contribution in [0.1, 0.15) is 15.9 Å². The molecule has 0 spiro atoms. The Morgan fingerprint density at radius 2 is 1.73 bits per heavy atom. The van der Waals surface area contributed by atoms with Crippen LogP contribution in [0.25, 0.3) is 16.9 Å². The first-order valence-corrected chi connectivity index (χ1v) is 8.23. The van der Waals surface area contributed by atoms with E-state index >= 15 is 0 Å². The molecular weight excluding hydrogens is 329 g/mol. The molecule has 128 valence electrons. The standard InChI is InChI=1S/C21H16FN3O/c1-14-9-11-15(12-10-14)19-20(25-13-5-4-8-18(25)23-19)24-21(26)16-6-2-3-7-17(16)22/h2-13H,1H3,(H,24,26). The summed E-state index contributed by atoms with van der Waals surface area (Å²) in [7, 11) is 0. The van der Waals surface area contributed by atoms with Gasteiger partial charge in [0.25, 0.3) is 5.91 Å². The second-order valence-electron chi connectivity index (χ2n) is 6.04. The van der Waals surface area contributed by atoms with Crippen LogP contribution in [0, 0.1) is 12.7 Å². The number of hydrogen-bond donors (Lipinski definition) is 1. The molecule has 0 unspecified atom stereocenters. The molecule has 26 heavy (non-hydrogen) atoms. The van der Waals surface area contributed by atoms with Gasteiger partial charge in [0.1, 0.15) is 23.0 Å². The summed E-state index contributed by atoms with van der Waals surface area (Å²) >= 11 is 0. The van der Waals surface area contributed by atoms with Gasteiger partial charge in [-0.05, 0) is 31.2 Å². The Kier molecular flexibility index (Phi) is 3.97. The molecule has 0 aliphatic carbocycles. The van der Waals surface area contributed by atoms with Crippen LogP contribution >= 0.6 is 0 Å². The van der Waals surface area contributed by atoms with Gasteiger partial charge in [-0.1, -0.05) is 48.0 Å². The number of carbonyl (C=O) groups excluding carboxylic acids is 1. The van der Waals surface area contributed by atoms with Crippen LogP contribution in [-0.2, 0) is 0 Å². The molecule has 0 saturated carbocycles. The third-order valence-corrected chi connectivity index (χ3v) is 4.21. The summed E-state index contributed by atoms with van der Waals surface area (Å²) in [5.41, 5.74) is 3.35. The maximum absolute atomic E-state index is 14.0. The molecule has 5 heteroatoms. The average molecular weight is 345 g/mol. The van der Waals surface area contributed by atoms with Gasteiger partial charge in [0.15, 0.2) is 0 Å². The number of anilines is 1. The zero-order valence-corrected chi connectivity index (χ0v) is 14.1. The largest absolute Gasteiger partial charge is 0.306 e. The predicted octanol–water partition coefficient (Wildman–Crippen LogP) is 4.70. The number of aromatic nitrogens is 2. The zero-order valence-electron chi connectivity index (χ0n) is 14.1. The Labute approximate surface area is 149 Å². The van der Waals surface area contributed by atoms with E-state index in [0.717, 1.165) is 11.1 Å². The fraction of sp³-hybridized carbons (Fsp3) is 0.0476. The molecule has 2 aromatic carbocycles. The van der Waals surface area contributed by atoms with Gasteiger partial charge < -0.3 is 5.32 Å². The summed E-state index contributed by atoms with van der Waals surface area (Å²) in [6.07, 6.45) is 1.82. The Balaban J connectivity index is 1.83. The molecule has 0 bridgehead atoms. The molecule has 0 aliphatic rings. The van der Waals surface area contributed by atoms with Crippen molar-refractivity contribution in [1.82, 2.24) is 9.38 Å². The van der Waals surface area contributed by atoms with E-state index in [4.69, 9.17) is 0 Å². The van der Waals surface area contributed by atoms with Gasteiger partial charge in [0.05, 0.1) is 5.56 Å². The Bertz CT molecular complexity index is 1100. The second-order valence-corrected chi connectivity index (χ2v) is 6.04. The first-order valence-electron chi connectivity index (χ1n) is 8.23. The van der Waals surface area contributed by atoms with Crippen LogP contribution in [0.5, 0.6) is 0 Å². The molecule has 0 aliphatic heterocycles. The third kappa shape index (κ3) is 2.84. The van der Waals surface area contributed by atoms with Gasteiger partial charge >= 0.3 is 0 Å². The molecule has 2 heterocycles. The van der Waals surface area contributed by atoms with Crippen molar-refractivity contribution in [2.45, 2.75) is 6.92 Å². The van der Waals surface area contributed by atoms with Gasteiger partial charge in [0, 0.05) is 11.8 Å². The molecule has 0 atom stereocenters. The third-order valence-electron chi connectivity index (χ3n) is 4.21. The maximum atomic E-state index is 14.0. The SMILES string of the molecule is Cc1ccc(-c2nc3ccccn3c2NC(=O)c2ccccc2F)cc1. The summed E-state index contributed by atoms with van der Waals surface area (Å²) in [5, 5.41) is 2.83. The summed E-state index contributed by atoms with van der Waals surface area (Å²) in [6.45, 7) is 2.01. The van der Waals surface area contributed by atoms with Crippen LogP contribution < -0.4 is 5.32 Å². The van der Waals surface area contributed by atoms with E-state index < -0.39 is 11.7 Å². The van der Waals surface area contributed by atoms with Crippen LogP contribution in [0.2, 0.25) is 0 Å². The highest BCUT2D eigenvalue weighted by atomic mass is 19.1. The molecule has 0 radical (unpaired) electrons. The number of fused-ring (bicyclic) bond motifs is 1. The van der Waals surface area contributed by atoms with Gasteiger partial charge in [0.2, 0.25) is 0 Å². The number of halogens is 1. The summed E-state index contributed by atoms with van der Waals surface area (Å²) in [6, 6.07) is 19.4. The zero-order chi connectivity index (χ0) is 18.1. The van der Waals surface area contributed by atoms with E-state index in [1.807, 2.05) is 55.6 Å². The van der Waals surface area contributed by atoms with E-state index in [1.165, 1.54) is 12.1 Å². The topological polar surface area (TPSA) is 46.4 Å². The van der Waals surface area contributed by atoms with Crippen LogP contribution in [0.3, 0.4) is 0 Å². The molecule has 4 rings (SSSR count). The van der Waals surface area contributed by atoms with Crippen LogP contribution in [0.15, 0.2) is 72.9 Å². The number of carbonyl (C=O) groups is 1. The number of imidazole rings is 1. The number of amides is 1. The summed E-state index contributed by atoms with van der Waals surface area (Å²) < 4.78 is 15.8. The first kappa shape index (κ1) is 16.0. The summed E-state index contributed by atoms with van der Waals surface area (Å²) in [4.78, 5) is 17.3. The van der Waals surface area contributed by atoms with Gasteiger partial charge in [-0.3, -0.25) is 9.20 Å². The number of rotatable bonds is 3. The Morgan fingerprint density at radius 1 is 1.00 bits per heavy atom. The fourth-order valence-corrected chi connectivity index (χ4v) is 2.85. The molecule has 1 amide bonds. The van der Waals surface area contributed by atoms with Crippen molar-refractivity contribution in [3.8, 4) is 11.3 Å². The van der Waals surface area contributed by atoms with Crippen molar-refractivity contribution < 1.29 is 9.18 Å². The number of nitrogens with zero attached hydrogens (tertiary/aromatic N) is 2. The van der Waals surface area contributed by atoms with Crippen molar-refractivity contribution in [1.29, 1.82) is 0 Å². The molecule has 4 nitrogen and oxygen atoms in total. The van der Waals surface area contributed by atoms with Gasteiger partial charge in [-0.25, -0.2) is 9.37 Å². The Hall–Kier alpha value is -3.47. The first-order chi connectivity index (χ1) is 12.6. The van der Waals surface area contributed by atoms with Crippen molar-refractivity contribution >= 4 is 17.4 Å². The minimum Gasteiger partial charge on any atom is -0.306 e. The van der Waals surface area contributed by atoms with Crippen LogP contribution in [-0.4, -0.2) is 15.3 Å². The number of hydrogen-bond acceptors (Lipinski definition) is 2. The number of nitrogens with one attached hydrogen (secondary N) is 1. The minimum atomic E-state index is -0.560. The number of pyridine rings is 1. The lowest BCUT2D eigenvalue weighted by atomic mass is 10.1. The molecule has 1 N–H and O–H groups in total. The van der Waals surface area contributed by atoms with Crippen LogP contribution in [0.4, 0.5) is 10.2 Å². The average Bonchev–Trinajstić information content (AvgIpc) is 3.01. The molecule has 4 aromatic rings. The number of aryl methyl sites for hydroxylation is 1. The highest BCUT2D eigenvalue weighted by molar-refractivity contribution is 6.06. The fourth-order valence-electron chi connectivity index (χ4n) is 2.85. The molecular formula is C21H16FN3O. The van der Waals surface area contributed by atoms with Gasteiger partial charge in [-0.15, -0.1) is 0 Å². The van der Waals surface area contributed by atoms with Crippen molar-refractivity contribution in [2.75, 3.05) is 5.32 Å². The van der Waals surface area contributed by atoms with Crippen molar-refractivity contribution in [3.05, 3.63) is 89.9 Å². The normalized spacial score (nSPS) is 10.8. The summed E-state index contributed by atoms with van der Waals surface area (Å²) in [5.74, 6) is -0.560. The molecule has 0 fully saturated rings. The monoisotopic (exact) mass is 345 g/mol. The van der Waals surface area contributed by atoms with E-state index in [0.29, 0.717) is 17.2 Å². The Morgan fingerprint density at radius 3 is 2.50 bits per heavy atom. The van der Waals surface area contributed by atoms with E-state index in [-0.39, 0.29) is 5.56 Å². The van der Waals surface area contributed by atoms with Crippen molar-refractivity contribution in [3.63, 3.8) is 0 Å².